The van der Waals surface area contributed by atoms with Crippen LogP contribution >= 0.6 is 0 Å². The largest absolute Gasteiger partial charge is 0.465 e. The minimum atomic E-state index is -0.425. The highest BCUT2D eigenvalue weighted by atomic mass is 16.3. The van der Waals surface area contributed by atoms with Gasteiger partial charge in [0.1, 0.15) is 11.5 Å². The van der Waals surface area contributed by atoms with Gasteiger partial charge in [0.2, 0.25) is 5.91 Å². The maximum absolute atomic E-state index is 13.3. The van der Waals surface area contributed by atoms with E-state index in [2.05, 4.69) is 26.2 Å². The van der Waals surface area contributed by atoms with Crippen LogP contribution in [0.2, 0.25) is 0 Å². The monoisotopic (exact) mass is 440 g/mol. The topological polar surface area (TPSA) is 115 Å². The van der Waals surface area contributed by atoms with Crippen molar-refractivity contribution in [1.82, 2.24) is 20.2 Å². The Balaban J connectivity index is 1.41. The smallest absolute Gasteiger partial charge is 0.274 e. The normalized spacial score (nSPS) is 13.5. The fourth-order valence-corrected chi connectivity index (χ4v) is 3.27. The van der Waals surface area contributed by atoms with Crippen molar-refractivity contribution in [2.24, 2.45) is 5.92 Å². The zero-order valence-electron chi connectivity index (χ0n) is 17.5. The summed E-state index contributed by atoms with van der Waals surface area (Å²) in [5.41, 5.74) is 2.18. The minimum absolute atomic E-state index is 0.0302. The van der Waals surface area contributed by atoms with Crippen molar-refractivity contribution in [2.45, 2.75) is 12.8 Å². The SMILES string of the molecule is O=C(Nc1ccc(NC(=O)C2CC2)cc1)/C(=C/c1ccco1)n1nnnc1-c1ccccc1. The van der Waals surface area contributed by atoms with Gasteiger partial charge >= 0.3 is 0 Å². The van der Waals surface area contributed by atoms with Gasteiger partial charge in [0.25, 0.3) is 5.91 Å². The summed E-state index contributed by atoms with van der Waals surface area (Å²) >= 11 is 0. The zero-order valence-corrected chi connectivity index (χ0v) is 17.5. The highest BCUT2D eigenvalue weighted by Crippen LogP contribution is 2.30. The predicted molar refractivity (Wildman–Crippen MR) is 123 cm³/mol. The molecule has 4 aromatic rings. The first-order chi connectivity index (χ1) is 16.2. The fourth-order valence-electron chi connectivity index (χ4n) is 3.27. The summed E-state index contributed by atoms with van der Waals surface area (Å²) in [6.45, 7) is 0. The van der Waals surface area contributed by atoms with Crippen LogP contribution in [0.1, 0.15) is 18.6 Å². The van der Waals surface area contributed by atoms with Crippen LogP contribution in [0.5, 0.6) is 0 Å². The Morgan fingerprint density at radius 1 is 0.939 bits per heavy atom. The summed E-state index contributed by atoms with van der Waals surface area (Å²) in [6.07, 6.45) is 4.97. The summed E-state index contributed by atoms with van der Waals surface area (Å²) in [7, 11) is 0. The molecule has 33 heavy (non-hydrogen) atoms. The highest BCUT2D eigenvalue weighted by molar-refractivity contribution is 6.24. The molecule has 2 heterocycles. The lowest BCUT2D eigenvalue weighted by molar-refractivity contribution is -0.117. The third-order valence-electron chi connectivity index (χ3n) is 5.14. The molecule has 1 aliphatic carbocycles. The summed E-state index contributed by atoms with van der Waals surface area (Å²) < 4.78 is 6.78. The lowest BCUT2D eigenvalue weighted by atomic mass is 10.2. The first-order valence-electron chi connectivity index (χ1n) is 10.5. The van der Waals surface area contributed by atoms with Gasteiger partial charge in [-0.15, -0.1) is 5.10 Å². The number of aromatic nitrogens is 4. The first kappa shape index (κ1) is 20.4. The predicted octanol–water partition coefficient (Wildman–Crippen LogP) is 3.92. The van der Waals surface area contributed by atoms with E-state index in [0.29, 0.717) is 23.0 Å². The number of benzene rings is 2. The zero-order chi connectivity index (χ0) is 22.6. The van der Waals surface area contributed by atoms with Crippen molar-refractivity contribution in [3.05, 3.63) is 78.8 Å². The van der Waals surface area contributed by atoms with Crippen molar-refractivity contribution in [3.63, 3.8) is 0 Å². The van der Waals surface area contributed by atoms with Gasteiger partial charge in [0, 0.05) is 28.9 Å². The number of nitrogens with one attached hydrogen (secondary N) is 2. The molecule has 2 aromatic carbocycles. The van der Waals surface area contributed by atoms with E-state index in [1.54, 1.807) is 42.5 Å². The van der Waals surface area contributed by atoms with Gasteiger partial charge < -0.3 is 15.1 Å². The van der Waals surface area contributed by atoms with Gasteiger partial charge in [-0.2, -0.15) is 4.68 Å². The van der Waals surface area contributed by atoms with E-state index < -0.39 is 5.91 Å². The van der Waals surface area contributed by atoms with E-state index >= 15 is 0 Å². The lowest BCUT2D eigenvalue weighted by Crippen LogP contribution is -2.19. The Hall–Kier alpha value is -4.53. The van der Waals surface area contributed by atoms with E-state index in [1.807, 2.05) is 30.3 Å². The van der Waals surface area contributed by atoms with E-state index in [4.69, 9.17) is 4.42 Å². The van der Waals surface area contributed by atoms with Crippen molar-refractivity contribution in [3.8, 4) is 11.4 Å². The standard InChI is InChI=1S/C24H20N6O3/c31-23(17-8-9-17)25-18-10-12-19(13-11-18)26-24(32)21(15-20-7-4-14-33-20)30-22(27-28-29-30)16-5-2-1-3-6-16/h1-7,10-15,17H,8-9H2,(H,25,31)(H,26,32)/b21-15-. The molecule has 0 radical (unpaired) electrons. The molecule has 0 saturated heterocycles. The maximum Gasteiger partial charge on any atom is 0.274 e. The number of tetrazole rings is 1. The lowest BCUT2D eigenvalue weighted by Gasteiger charge is -2.11. The Labute approximate surface area is 189 Å². The maximum atomic E-state index is 13.3. The molecule has 9 heteroatoms. The molecule has 2 amide bonds. The average molecular weight is 440 g/mol. The van der Waals surface area contributed by atoms with Crippen LogP contribution in [0.25, 0.3) is 23.2 Å². The van der Waals surface area contributed by atoms with Crippen molar-refractivity contribution in [1.29, 1.82) is 0 Å². The Bertz CT molecular complexity index is 1290. The summed E-state index contributed by atoms with van der Waals surface area (Å²) in [6, 6.07) is 19.8. The van der Waals surface area contributed by atoms with Gasteiger partial charge in [0.05, 0.1) is 6.26 Å². The number of rotatable bonds is 7. The average Bonchev–Trinajstić information content (AvgIpc) is 3.36. The minimum Gasteiger partial charge on any atom is -0.465 e. The number of carbonyl (C=O) groups is 2. The van der Waals surface area contributed by atoms with E-state index in [0.717, 1.165) is 18.4 Å². The molecular weight excluding hydrogens is 420 g/mol. The van der Waals surface area contributed by atoms with Gasteiger partial charge in [-0.1, -0.05) is 30.3 Å². The molecule has 0 unspecified atom stereocenters. The van der Waals surface area contributed by atoms with Crippen LogP contribution in [-0.2, 0) is 9.59 Å². The molecule has 9 nitrogen and oxygen atoms in total. The van der Waals surface area contributed by atoms with Crippen LogP contribution in [0.3, 0.4) is 0 Å². The molecule has 2 aromatic heterocycles. The molecule has 1 fully saturated rings. The van der Waals surface area contributed by atoms with Crippen LogP contribution in [0.15, 0.2) is 77.4 Å². The number of nitrogens with zero attached hydrogens (tertiary/aromatic N) is 4. The Kier molecular flexibility index (Phi) is 5.50. The number of amides is 2. The molecule has 164 valence electrons. The Morgan fingerprint density at radius 2 is 1.67 bits per heavy atom. The second kappa shape index (κ2) is 8.91. The molecule has 1 saturated carbocycles. The fraction of sp³-hybridized carbons (Fsp3) is 0.125. The summed E-state index contributed by atoms with van der Waals surface area (Å²) in [5.74, 6) is 0.622. The molecule has 2 N–H and O–H groups in total. The van der Waals surface area contributed by atoms with Gasteiger partial charge in [-0.05, 0) is 59.7 Å². The van der Waals surface area contributed by atoms with Gasteiger partial charge in [0.15, 0.2) is 5.82 Å². The van der Waals surface area contributed by atoms with Crippen LogP contribution in [-0.4, -0.2) is 32.0 Å². The molecule has 0 aliphatic heterocycles. The highest BCUT2D eigenvalue weighted by Gasteiger charge is 2.29. The van der Waals surface area contributed by atoms with Crippen molar-refractivity contribution < 1.29 is 14.0 Å². The van der Waals surface area contributed by atoms with E-state index in [-0.39, 0.29) is 17.5 Å². The first-order valence-corrected chi connectivity index (χ1v) is 10.5. The quantitative estimate of drug-likeness (QED) is 0.421. The molecule has 0 spiro atoms. The second-order valence-electron chi connectivity index (χ2n) is 7.62. The van der Waals surface area contributed by atoms with E-state index in [9.17, 15) is 9.59 Å². The number of carbonyl (C=O) groups excluding carboxylic acids is 2. The summed E-state index contributed by atoms with van der Waals surface area (Å²) in [5, 5.41) is 17.6. The molecule has 0 atom stereocenters. The van der Waals surface area contributed by atoms with E-state index in [1.165, 1.54) is 10.9 Å². The van der Waals surface area contributed by atoms with Crippen LogP contribution in [0, 0.1) is 5.92 Å². The van der Waals surface area contributed by atoms with Crippen molar-refractivity contribution >= 4 is 35.0 Å². The molecule has 1 aliphatic rings. The van der Waals surface area contributed by atoms with Crippen LogP contribution < -0.4 is 10.6 Å². The third kappa shape index (κ3) is 4.72. The summed E-state index contributed by atoms with van der Waals surface area (Å²) in [4.78, 5) is 25.2. The third-order valence-corrected chi connectivity index (χ3v) is 5.14. The molecular formula is C24H20N6O3. The van der Waals surface area contributed by atoms with Crippen LogP contribution in [0.4, 0.5) is 11.4 Å². The number of hydrogen-bond acceptors (Lipinski definition) is 6. The van der Waals surface area contributed by atoms with Crippen molar-refractivity contribution in [2.75, 3.05) is 10.6 Å². The van der Waals surface area contributed by atoms with Gasteiger partial charge in [-0.3, -0.25) is 9.59 Å². The molecule has 0 bridgehead atoms. The number of anilines is 2. The van der Waals surface area contributed by atoms with Gasteiger partial charge in [-0.25, -0.2) is 0 Å². The number of furan rings is 1. The Morgan fingerprint density at radius 3 is 2.33 bits per heavy atom. The second-order valence-corrected chi connectivity index (χ2v) is 7.62. The number of hydrogen-bond donors (Lipinski definition) is 2. The molecule has 5 rings (SSSR count).